The monoisotopic (exact) mass is 272 g/mol. The molecule has 0 aliphatic rings. The van der Waals surface area contributed by atoms with Crippen molar-refractivity contribution in [2.24, 2.45) is 0 Å². The number of rotatable bonds is 3. The topological polar surface area (TPSA) is 82.5 Å². The maximum absolute atomic E-state index is 5.94. The number of hydrogen-bond donors (Lipinski definition) is 1. The van der Waals surface area contributed by atoms with E-state index in [9.17, 15) is 0 Å². The van der Waals surface area contributed by atoms with Gasteiger partial charge in [0.25, 0.3) is 0 Å². The number of nitrogen functional groups attached to an aromatic ring is 1. The molecule has 0 atom stereocenters. The van der Waals surface area contributed by atoms with E-state index in [2.05, 4.69) is 20.1 Å². The van der Waals surface area contributed by atoms with Crippen molar-refractivity contribution < 1.29 is 0 Å². The van der Waals surface area contributed by atoms with Crippen LogP contribution in [-0.2, 0) is 6.54 Å². The molecule has 0 amide bonds. The van der Waals surface area contributed by atoms with Gasteiger partial charge < -0.3 is 5.73 Å². The zero-order valence-corrected chi connectivity index (χ0v) is 11.1. The number of nitrogens with two attached hydrogens (primary N) is 1. The number of nitrogens with zero attached hydrogens (tertiary/aromatic N) is 5. The minimum atomic E-state index is 0.447. The molecule has 0 saturated carbocycles. The third kappa shape index (κ3) is 2.12. The number of pyridine rings is 1. The summed E-state index contributed by atoms with van der Waals surface area (Å²) in [6.07, 6.45) is 3.21. The molecule has 0 radical (unpaired) electrons. The molecule has 3 aromatic heterocycles. The van der Waals surface area contributed by atoms with Crippen molar-refractivity contribution >= 4 is 28.6 Å². The molecule has 96 valence electrons. The summed E-state index contributed by atoms with van der Waals surface area (Å²) in [5.74, 6) is 0.447. The SMILES string of the molecule is CCn1nc(Sc2ccccn2)c2c(N)ncnc21. The average molecular weight is 272 g/mol. The van der Waals surface area contributed by atoms with Gasteiger partial charge in [-0.3, -0.25) is 0 Å². The summed E-state index contributed by atoms with van der Waals surface area (Å²) < 4.78 is 1.82. The molecule has 0 unspecified atom stereocenters. The largest absolute Gasteiger partial charge is 0.383 e. The van der Waals surface area contributed by atoms with Crippen molar-refractivity contribution in [2.45, 2.75) is 23.5 Å². The highest BCUT2D eigenvalue weighted by Crippen LogP contribution is 2.33. The maximum atomic E-state index is 5.94. The second-order valence-electron chi connectivity index (χ2n) is 3.85. The highest BCUT2D eigenvalue weighted by Gasteiger charge is 2.15. The highest BCUT2D eigenvalue weighted by molar-refractivity contribution is 7.99. The third-order valence-electron chi connectivity index (χ3n) is 2.67. The van der Waals surface area contributed by atoms with E-state index in [1.54, 1.807) is 6.20 Å². The molecule has 3 aromatic rings. The molecule has 0 spiro atoms. The molecule has 3 heterocycles. The highest BCUT2D eigenvalue weighted by atomic mass is 32.2. The summed E-state index contributed by atoms with van der Waals surface area (Å²) in [5.41, 5.74) is 6.70. The molecule has 0 bridgehead atoms. The van der Waals surface area contributed by atoms with Crippen LogP contribution in [0.3, 0.4) is 0 Å². The Morgan fingerprint density at radius 2 is 2.16 bits per heavy atom. The van der Waals surface area contributed by atoms with Gasteiger partial charge in [-0.1, -0.05) is 6.07 Å². The van der Waals surface area contributed by atoms with Crippen molar-refractivity contribution in [3.05, 3.63) is 30.7 Å². The molecule has 7 heteroatoms. The number of hydrogen-bond acceptors (Lipinski definition) is 6. The third-order valence-corrected chi connectivity index (χ3v) is 3.59. The lowest BCUT2D eigenvalue weighted by Gasteiger charge is -1.98. The van der Waals surface area contributed by atoms with Gasteiger partial charge >= 0.3 is 0 Å². The van der Waals surface area contributed by atoms with Gasteiger partial charge in [0.05, 0.1) is 5.39 Å². The number of fused-ring (bicyclic) bond motifs is 1. The first-order valence-corrected chi connectivity index (χ1v) is 6.67. The lowest BCUT2D eigenvalue weighted by Crippen LogP contribution is -1.98. The summed E-state index contributed by atoms with van der Waals surface area (Å²) in [5, 5.41) is 6.97. The molecule has 0 aromatic carbocycles. The Labute approximate surface area is 114 Å². The fourth-order valence-corrected chi connectivity index (χ4v) is 2.69. The molecule has 0 fully saturated rings. The van der Waals surface area contributed by atoms with Crippen LogP contribution < -0.4 is 5.73 Å². The van der Waals surface area contributed by atoms with E-state index in [1.165, 1.54) is 18.1 Å². The summed E-state index contributed by atoms with van der Waals surface area (Å²) in [6, 6.07) is 5.75. The number of aromatic nitrogens is 5. The quantitative estimate of drug-likeness (QED) is 0.785. The summed E-state index contributed by atoms with van der Waals surface area (Å²) in [7, 11) is 0. The molecule has 3 rings (SSSR count). The Morgan fingerprint density at radius 3 is 2.89 bits per heavy atom. The molecular weight excluding hydrogens is 260 g/mol. The molecular formula is C12H12N6S. The van der Waals surface area contributed by atoms with Gasteiger partial charge in [-0.05, 0) is 30.8 Å². The fraction of sp³-hybridized carbons (Fsp3) is 0.167. The molecule has 0 aliphatic carbocycles. The normalized spacial score (nSPS) is 11.0. The Hall–Kier alpha value is -2.15. The number of aryl methyl sites for hydroxylation is 1. The average Bonchev–Trinajstić information content (AvgIpc) is 2.79. The van der Waals surface area contributed by atoms with Gasteiger partial charge in [0, 0.05) is 12.7 Å². The van der Waals surface area contributed by atoms with Gasteiger partial charge in [-0.2, -0.15) is 5.10 Å². The van der Waals surface area contributed by atoms with Crippen molar-refractivity contribution in [1.82, 2.24) is 24.7 Å². The van der Waals surface area contributed by atoms with Crippen molar-refractivity contribution in [1.29, 1.82) is 0 Å². The summed E-state index contributed by atoms with van der Waals surface area (Å²) >= 11 is 1.46. The Morgan fingerprint density at radius 1 is 1.26 bits per heavy atom. The zero-order chi connectivity index (χ0) is 13.2. The number of anilines is 1. The van der Waals surface area contributed by atoms with E-state index in [1.807, 2.05) is 29.8 Å². The minimum absolute atomic E-state index is 0.447. The summed E-state index contributed by atoms with van der Waals surface area (Å²) in [4.78, 5) is 12.6. The predicted molar refractivity (Wildman–Crippen MR) is 73.8 cm³/mol. The first-order chi connectivity index (χ1) is 9.29. The first-order valence-electron chi connectivity index (χ1n) is 5.85. The second kappa shape index (κ2) is 4.85. The maximum Gasteiger partial charge on any atom is 0.164 e. The van der Waals surface area contributed by atoms with E-state index >= 15 is 0 Å². The molecule has 0 aliphatic heterocycles. The van der Waals surface area contributed by atoms with Gasteiger partial charge in [-0.25, -0.2) is 19.6 Å². The van der Waals surface area contributed by atoms with Gasteiger partial charge in [0.2, 0.25) is 0 Å². The van der Waals surface area contributed by atoms with Crippen LogP contribution in [0.2, 0.25) is 0 Å². The smallest absolute Gasteiger partial charge is 0.164 e. The minimum Gasteiger partial charge on any atom is -0.383 e. The fourth-order valence-electron chi connectivity index (χ4n) is 1.80. The zero-order valence-electron chi connectivity index (χ0n) is 10.3. The summed E-state index contributed by atoms with van der Waals surface area (Å²) in [6.45, 7) is 2.75. The van der Waals surface area contributed by atoms with Crippen LogP contribution in [0.1, 0.15) is 6.92 Å². The van der Waals surface area contributed by atoms with E-state index in [-0.39, 0.29) is 0 Å². The van der Waals surface area contributed by atoms with E-state index in [0.717, 1.165) is 27.6 Å². The molecule has 2 N–H and O–H groups in total. The van der Waals surface area contributed by atoms with Crippen LogP contribution in [0, 0.1) is 0 Å². The van der Waals surface area contributed by atoms with E-state index in [0.29, 0.717) is 5.82 Å². The van der Waals surface area contributed by atoms with E-state index in [4.69, 9.17) is 5.73 Å². The standard InChI is InChI=1S/C12H12N6S/c1-2-18-11-9(10(13)15-7-16-11)12(17-18)19-8-5-3-4-6-14-8/h3-7H,2H2,1H3,(H2,13,15,16). The molecule has 19 heavy (non-hydrogen) atoms. The van der Waals surface area contributed by atoms with E-state index < -0.39 is 0 Å². The molecule has 6 nitrogen and oxygen atoms in total. The van der Waals surface area contributed by atoms with Crippen LogP contribution in [0.25, 0.3) is 11.0 Å². The van der Waals surface area contributed by atoms with Crippen LogP contribution >= 0.6 is 11.8 Å². The Kier molecular flexibility index (Phi) is 3.04. The second-order valence-corrected chi connectivity index (χ2v) is 4.86. The Bertz CT molecular complexity index is 709. The predicted octanol–water partition coefficient (Wildman–Crippen LogP) is 1.97. The lowest BCUT2D eigenvalue weighted by atomic mass is 10.4. The Balaban J connectivity index is 2.13. The van der Waals surface area contributed by atoms with Gasteiger partial charge in [-0.15, -0.1) is 0 Å². The van der Waals surface area contributed by atoms with Crippen LogP contribution in [0.4, 0.5) is 5.82 Å². The van der Waals surface area contributed by atoms with Gasteiger partial charge in [0.15, 0.2) is 5.65 Å². The van der Waals surface area contributed by atoms with Crippen molar-refractivity contribution in [2.75, 3.05) is 5.73 Å². The van der Waals surface area contributed by atoms with Crippen molar-refractivity contribution in [3.63, 3.8) is 0 Å². The van der Waals surface area contributed by atoms with Crippen LogP contribution in [-0.4, -0.2) is 24.7 Å². The lowest BCUT2D eigenvalue weighted by molar-refractivity contribution is 0.656. The van der Waals surface area contributed by atoms with Crippen LogP contribution in [0.5, 0.6) is 0 Å². The van der Waals surface area contributed by atoms with Crippen molar-refractivity contribution in [3.8, 4) is 0 Å². The van der Waals surface area contributed by atoms with Gasteiger partial charge in [0.1, 0.15) is 22.2 Å². The first kappa shape index (κ1) is 11.9. The molecule has 0 saturated heterocycles. The van der Waals surface area contributed by atoms with Crippen LogP contribution in [0.15, 0.2) is 40.8 Å².